The smallest absolute Gasteiger partial charge is 0.143 e. The zero-order chi connectivity index (χ0) is 47.1. The van der Waals surface area contributed by atoms with Crippen LogP contribution in [-0.2, 0) is 0 Å². The van der Waals surface area contributed by atoms with Gasteiger partial charge in [-0.3, -0.25) is 0 Å². The van der Waals surface area contributed by atoms with E-state index in [9.17, 15) is 9.60 Å². The van der Waals surface area contributed by atoms with Gasteiger partial charge in [0.2, 0.25) is 0 Å². The summed E-state index contributed by atoms with van der Waals surface area (Å²) in [5.41, 5.74) is 2.09. The molecule has 0 saturated heterocycles. The minimum atomic E-state index is -0.646. The Morgan fingerprint density at radius 1 is 0.291 bits per heavy atom. The number of benzene rings is 12. The molecule has 0 N–H and O–H groups in total. The first-order valence-corrected chi connectivity index (χ1v) is 18.0. The van der Waals surface area contributed by atoms with Crippen LogP contribution in [0.15, 0.2) is 186 Å². The largest absolute Gasteiger partial charge is 0.455 e. The number of rotatable bonds is 3. The zero-order valence-corrected chi connectivity index (χ0v) is 28.7. The van der Waals surface area contributed by atoms with Gasteiger partial charge in [-0.15, -0.1) is 0 Å². The van der Waals surface area contributed by atoms with Gasteiger partial charge in [0.1, 0.15) is 11.2 Å². The minimum Gasteiger partial charge on any atom is -0.455 e. The summed E-state index contributed by atoms with van der Waals surface area (Å²) in [4.78, 5) is 0. The molecule has 1 heterocycles. The van der Waals surface area contributed by atoms with Crippen LogP contribution in [0.25, 0.3) is 131 Å². The van der Waals surface area contributed by atoms with Crippen molar-refractivity contribution in [3.63, 3.8) is 0 Å². The van der Waals surface area contributed by atoms with Crippen LogP contribution in [0.3, 0.4) is 0 Å². The van der Waals surface area contributed by atoms with Gasteiger partial charge in [0.25, 0.3) is 0 Å². The van der Waals surface area contributed by atoms with Crippen LogP contribution in [0.1, 0.15) is 17.8 Å². The molecule has 1 heteroatoms. The van der Waals surface area contributed by atoms with Crippen molar-refractivity contribution in [2.75, 3.05) is 0 Å². The van der Waals surface area contributed by atoms with E-state index >= 15 is 0 Å². The molecule has 0 atom stereocenters. The highest BCUT2D eigenvalue weighted by Crippen LogP contribution is 2.47. The van der Waals surface area contributed by atoms with E-state index in [2.05, 4.69) is 54.6 Å². The van der Waals surface area contributed by atoms with Crippen molar-refractivity contribution in [2.24, 2.45) is 0 Å². The molecule has 0 aliphatic carbocycles. The fraction of sp³-hybridized carbons (Fsp3) is 0. The zero-order valence-electron chi connectivity index (χ0n) is 41.7. The third-order valence-electron chi connectivity index (χ3n) is 11.3. The van der Waals surface area contributed by atoms with Gasteiger partial charge in [0.05, 0.1) is 17.8 Å². The van der Waals surface area contributed by atoms with Crippen molar-refractivity contribution in [3.05, 3.63) is 182 Å². The Bertz CT molecular complexity index is 4410. The molecule has 252 valence electrons. The first-order valence-electron chi connectivity index (χ1n) is 24.5. The molecule has 0 spiro atoms. The number of hydrogen-bond donors (Lipinski definition) is 0. The Labute approximate surface area is 334 Å². The van der Waals surface area contributed by atoms with E-state index in [1.807, 2.05) is 42.5 Å². The van der Waals surface area contributed by atoms with E-state index in [1.54, 1.807) is 6.07 Å². The lowest BCUT2D eigenvalue weighted by Gasteiger charge is -2.16. The van der Waals surface area contributed by atoms with Gasteiger partial charge in [-0.25, -0.2) is 0 Å². The topological polar surface area (TPSA) is 13.1 Å². The Hall–Kier alpha value is -7.22. The Morgan fingerprint density at radius 3 is 1.69 bits per heavy atom. The molecule has 0 amide bonds. The summed E-state index contributed by atoms with van der Waals surface area (Å²) >= 11 is 0. The fourth-order valence-electron chi connectivity index (χ4n) is 8.82. The summed E-state index contributed by atoms with van der Waals surface area (Å²) in [6, 6.07) is 27.1. The fourth-order valence-corrected chi connectivity index (χ4v) is 8.82. The summed E-state index contributed by atoms with van der Waals surface area (Å²) in [6.45, 7) is 0. The SMILES string of the molecule is [2H]c1c([2H])c(-c2c([2H])c([2H])c3c([2H])c([2H])c4c([2H])c([2H])c([2H])c5c([2H])c([2H])c2c3c45)c([2H])c([2H])c1-c1ccc(-c2ccc3ccc4cccc5ccc2c3c45)c2c1oc1c3ccccc3ccc12. The molecular weight excluding hydrogens is 665 g/mol. The Morgan fingerprint density at radius 2 is 0.855 bits per heavy atom. The van der Waals surface area contributed by atoms with Gasteiger partial charge in [-0.05, 0) is 110 Å². The van der Waals surface area contributed by atoms with E-state index in [1.165, 1.54) is 0 Å². The highest BCUT2D eigenvalue weighted by atomic mass is 16.3. The number of hydrogen-bond acceptors (Lipinski definition) is 1. The first-order chi connectivity index (χ1) is 32.7. The maximum atomic E-state index is 9.68. The lowest BCUT2D eigenvalue weighted by molar-refractivity contribution is 0.674. The van der Waals surface area contributed by atoms with E-state index in [0.29, 0.717) is 16.6 Å². The second kappa shape index (κ2) is 10.7. The molecule has 0 bridgehead atoms. The Kier molecular flexibility index (Phi) is 3.84. The average Bonchev–Trinajstić information content (AvgIpc) is 3.75. The molecule has 0 unspecified atom stereocenters. The standard InChI is InChI=1S/C54H30O/c1-2-10-41-31(5-1)19-28-47-52-46(43-25-21-39-18-16-35-7-4-9-37-23-27-45(43)51(39)49(35)37)30-29-42(54(52)55-53(41)47)33-13-11-32(12-14-33)40-24-20-38-17-15-34-6-3-8-36-22-26-44(40)50(38)48(34)36/h1-30H/i3D,6D,8D,11D,12D,13D,14D,15D,17D,20D,22D,24D,26D. The third kappa shape index (κ3) is 3.97. The molecule has 0 saturated carbocycles. The van der Waals surface area contributed by atoms with Crippen molar-refractivity contribution >= 4 is 97.3 Å². The Balaban J connectivity index is 1.13. The molecular formula is C54H30O. The van der Waals surface area contributed by atoms with E-state index in [-0.39, 0.29) is 49.0 Å². The maximum Gasteiger partial charge on any atom is 0.143 e. The van der Waals surface area contributed by atoms with E-state index in [0.717, 1.165) is 59.6 Å². The van der Waals surface area contributed by atoms with Gasteiger partial charge < -0.3 is 4.42 Å². The predicted molar refractivity (Wildman–Crippen MR) is 235 cm³/mol. The van der Waals surface area contributed by atoms with Gasteiger partial charge >= 0.3 is 0 Å². The van der Waals surface area contributed by atoms with Crippen LogP contribution >= 0.6 is 0 Å². The first kappa shape index (κ1) is 19.7. The lowest BCUT2D eigenvalue weighted by atomic mass is 9.87. The van der Waals surface area contributed by atoms with Crippen molar-refractivity contribution in [3.8, 4) is 33.4 Å². The number of furan rings is 1. The summed E-state index contributed by atoms with van der Waals surface area (Å²) in [5.74, 6) is 0. The maximum absolute atomic E-state index is 9.68. The summed E-state index contributed by atoms with van der Waals surface area (Å²) in [5, 5.41) is 8.78. The monoisotopic (exact) mass is 707 g/mol. The molecule has 0 fully saturated rings. The van der Waals surface area contributed by atoms with Gasteiger partial charge in [0, 0.05) is 21.7 Å². The van der Waals surface area contributed by atoms with Crippen molar-refractivity contribution in [1.82, 2.24) is 0 Å². The quantitative estimate of drug-likeness (QED) is 0.167. The van der Waals surface area contributed by atoms with E-state index < -0.39 is 84.1 Å². The molecule has 0 radical (unpaired) electrons. The predicted octanol–water partition coefficient (Wildman–Crippen LogP) is 15.5. The van der Waals surface area contributed by atoms with Crippen molar-refractivity contribution in [1.29, 1.82) is 0 Å². The summed E-state index contributed by atoms with van der Waals surface area (Å²) in [7, 11) is 0. The van der Waals surface area contributed by atoms with Gasteiger partial charge in [-0.2, -0.15) is 0 Å². The van der Waals surface area contributed by atoms with Crippen LogP contribution in [-0.4, -0.2) is 0 Å². The summed E-state index contributed by atoms with van der Waals surface area (Å²) < 4.78 is 126. The normalized spacial score (nSPS) is 15.7. The average molecular weight is 708 g/mol. The van der Waals surface area contributed by atoms with Crippen LogP contribution in [0.5, 0.6) is 0 Å². The van der Waals surface area contributed by atoms with Crippen LogP contribution in [0.2, 0.25) is 0 Å². The highest BCUT2D eigenvalue weighted by molar-refractivity contribution is 6.29. The third-order valence-corrected chi connectivity index (χ3v) is 11.3. The number of fused-ring (bicyclic) bond motifs is 5. The van der Waals surface area contributed by atoms with Gasteiger partial charge in [-0.1, -0.05) is 170 Å². The molecule has 1 aromatic heterocycles. The van der Waals surface area contributed by atoms with Crippen LogP contribution < -0.4 is 0 Å². The minimum absolute atomic E-state index is 0.0748. The van der Waals surface area contributed by atoms with Crippen LogP contribution in [0, 0.1) is 0 Å². The van der Waals surface area contributed by atoms with Gasteiger partial charge in [0.15, 0.2) is 0 Å². The van der Waals surface area contributed by atoms with Crippen molar-refractivity contribution < 1.29 is 22.2 Å². The van der Waals surface area contributed by atoms with Crippen molar-refractivity contribution in [2.45, 2.75) is 0 Å². The molecule has 1 nitrogen and oxygen atoms in total. The summed E-state index contributed by atoms with van der Waals surface area (Å²) in [6.07, 6.45) is 0. The molecule has 55 heavy (non-hydrogen) atoms. The molecule has 12 aromatic carbocycles. The van der Waals surface area contributed by atoms with Crippen LogP contribution in [0.4, 0.5) is 0 Å². The molecule has 13 aromatic rings. The van der Waals surface area contributed by atoms with E-state index in [4.69, 9.17) is 12.6 Å². The molecule has 0 aliphatic heterocycles. The highest BCUT2D eigenvalue weighted by Gasteiger charge is 2.21. The second-order valence-corrected chi connectivity index (χ2v) is 14.1. The lowest BCUT2D eigenvalue weighted by Crippen LogP contribution is -1.89. The molecule has 0 aliphatic rings. The second-order valence-electron chi connectivity index (χ2n) is 14.1. The molecule has 13 rings (SSSR count).